The number of nitrogens with zero attached hydrogens (tertiary/aromatic N) is 3. The van der Waals surface area contributed by atoms with Crippen molar-refractivity contribution in [1.82, 2.24) is 19.5 Å². The molecule has 15 heavy (non-hydrogen) atoms. The van der Waals surface area contributed by atoms with Crippen molar-refractivity contribution in [2.24, 2.45) is 0 Å². The summed E-state index contributed by atoms with van der Waals surface area (Å²) in [5, 5.41) is 0.469. The third-order valence-electron chi connectivity index (χ3n) is 2.17. The fourth-order valence-corrected chi connectivity index (χ4v) is 1.72. The second-order valence-electron chi connectivity index (χ2n) is 3.16. The third-order valence-corrected chi connectivity index (χ3v) is 2.49. The Hall–Kier alpha value is -1.56. The normalized spacial score (nSPS) is 10.8. The first kappa shape index (κ1) is 9.97. The highest BCUT2D eigenvalue weighted by Crippen LogP contribution is 2.02. The minimum atomic E-state index is -0.142. The largest absolute Gasteiger partial charge is 0.316 e. The molecule has 2 rings (SSSR count). The molecule has 2 aromatic rings. The van der Waals surface area contributed by atoms with Crippen molar-refractivity contribution in [3.8, 4) is 0 Å². The minimum absolute atomic E-state index is 0.142. The molecule has 0 saturated carbocycles. The molecule has 2 heterocycles. The predicted molar refractivity (Wildman–Crippen MR) is 59.4 cm³/mol. The Labute approximate surface area is 90.8 Å². The zero-order valence-corrected chi connectivity index (χ0v) is 9.26. The smallest absolute Gasteiger partial charge is 0.265 e. The van der Waals surface area contributed by atoms with E-state index in [0.717, 1.165) is 0 Å². The van der Waals surface area contributed by atoms with Gasteiger partial charge in [-0.05, 0) is 26.1 Å². The van der Waals surface area contributed by atoms with E-state index in [2.05, 4.69) is 15.0 Å². The number of hydrogen-bond donors (Lipinski definition) is 1. The fourth-order valence-electron chi connectivity index (χ4n) is 1.42. The maximum absolute atomic E-state index is 11.9. The molecule has 0 spiro atoms. The number of fused-ring (bicyclic) bond motifs is 1. The maximum Gasteiger partial charge on any atom is 0.265 e. The molecule has 0 aromatic carbocycles. The Morgan fingerprint density at radius 2 is 2.33 bits per heavy atom. The zero-order valence-electron chi connectivity index (χ0n) is 8.44. The van der Waals surface area contributed by atoms with Crippen LogP contribution in [0.15, 0.2) is 11.0 Å². The Bertz CT molecular complexity index is 628. The molecule has 78 valence electrons. The quantitative estimate of drug-likeness (QED) is 0.736. The third kappa shape index (κ3) is 1.56. The molecule has 0 fully saturated rings. The molecule has 2 aromatic heterocycles. The van der Waals surface area contributed by atoms with E-state index in [1.165, 1.54) is 10.8 Å². The van der Waals surface area contributed by atoms with Crippen LogP contribution in [0.5, 0.6) is 0 Å². The van der Waals surface area contributed by atoms with Crippen LogP contribution in [0, 0.1) is 11.7 Å². The van der Waals surface area contributed by atoms with Crippen LogP contribution in [-0.4, -0.2) is 19.5 Å². The van der Waals surface area contributed by atoms with E-state index in [-0.39, 0.29) is 5.56 Å². The van der Waals surface area contributed by atoms with E-state index < -0.39 is 0 Å². The van der Waals surface area contributed by atoms with Crippen LogP contribution in [-0.2, 0) is 6.54 Å². The van der Waals surface area contributed by atoms with E-state index in [9.17, 15) is 4.79 Å². The number of hydrogen-bond acceptors (Lipinski definition) is 4. The summed E-state index contributed by atoms with van der Waals surface area (Å²) in [7, 11) is 0. The summed E-state index contributed by atoms with van der Waals surface area (Å²) in [5.74, 6) is 0.613. The number of rotatable bonds is 1. The number of aryl methyl sites for hydroxylation is 1. The van der Waals surface area contributed by atoms with Crippen LogP contribution < -0.4 is 5.56 Å². The lowest BCUT2D eigenvalue weighted by atomic mass is 10.4. The van der Waals surface area contributed by atoms with Crippen molar-refractivity contribution >= 4 is 23.3 Å². The van der Waals surface area contributed by atoms with E-state index in [1.807, 2.05) is 6.92 Å². The molecule has 0 atom stereocenters. The van der Waals surface area contributed by atoms with Gasteiger partial charge in [0.1, 0.15) is 16.9 Å². The fraction of sp³-hybridized carbons (Fsp3) is 0.333. The highest BCUT2D eigenvalue weighted by molar-refractivity contribution is 7.71. The highest BCUT2D eigenvalue weighted by atomic mass is 32.1. The predicted octanol–water partition coefficient (Wildman–Crippen LogP) is 1.18. The highest BCUT2D eigenvalue weighted by Gasteiger charge is 2.05. The first-order valence-electron chi connectivity index (χ1n) is 4.60. The molecular formula is C9H10N4OS. The molecule has 0 saturated heterocycles. The Kier molecular flexibility index (Phi) is 2.36. The SMILES string of the molecule is CCn1c(=S)[nH]c2nc(C)ncc2c1=O. The molecular weight excluding hydrogens is 212 g/mol. The van der Waals surface area contributed by atoms with Crippen LogP contribution in [0.25, 0.3) is 11.0 Å². The summed E-state index contributed by atoms with van der Waals surface area (Å²) < 4.78 is 1.88. The Balaban J connectivity index is 2.98. The second-order valence-corrected chi connectivity index (χ2v) is 3.55. The van der Waals surface area contributed by atoms with Crippen LogP contribution >= 0.6 is 12.2 Å². The number of nitrogens with one attached hydrogen (secondary N) is 1. The van der Waals surface area contributed by atoms with Gasteiger partial charge in [0.15, 0.2) is 4.77 Å². The molecule has 0 aliphatic carbocycles. The van der Waals surface area contributed by atoms with Crippen LogP contribution in [0.1, 0.15) is 12.7 Å². The van der Waals surface area contributed by atoms with Crippen molar-refractivity contribution in [1.29, 1.82) is 0 Å². The lowest BCUT2D eigenvalue weighted by Crippen LogP contribution is -2.21. The van der Waals surface area contributed by atoms with Crippen molar-refractivity contribution in [2.75, 3.05) is 0 Å². The van der Waals surface area contributed by atoms with Crippen LogP contribution in [0.2, 0.25) is 0 Å². The zero-order chi connectivity index (χ0) is 11.0. The first-order valence-corrected chi connectivity index (χ1v) is 5.00. The maximum atomic E-state index is 11.9. The second kappa shape index (κ2) is 3.54. The van der Waals surface area contributed by atoms with E-state index in [0.29, 0.717) is 28.2 Å². The molecule has 0 radical (unpaired) electrons. The number of aromatic nitrogens is 4. The van der Waals surface area contributed by atoms with Gasteiger partial charge in [-0.1, -0.05) is 0 Å². The van der Waals surface area contributed by atoms with Gasteiger partial charge < -0.3 is 4.98 Å². The summed E-state index contributed by atoms with van der Waals surface area (Å²) in [4.78, 5) is 22.9. The summed E-state index contributed by atoms with van der Waals surface area (Å²) in [6, 6.07) is 0. The Morgan fingerprint density at radius 3 is 3.00 bits per heavy atom. The van der Waals surface area contributed by atoms with Crippen molar-refractivity contribution in [3.63, 3.8) is 0 Å². The average molecular weight is 222 g/mol. The van der Waals surface area contributed by atoms with E-state index in [1.54, 1.807) is 6.92 Å². The van der Waals surface area contributed by atoms with Gasteiger partial charge in [-0.15, -0.1) is 0 Å². The van der Waals surface area contributed by atoms with Gasteiger partial charge in [0, 0.05) is 12.7 Å². The van der Waals surface area contributed by atoms with Crippen molar-refractivity contribution < 1.29 is 0 Å². The Morgan fingerprint density at radius 1 is 1.60 bits per heavy atom. The molecule has 0 bridgehead atoms. The lowest BCUT2D eigenvalue weighted by molar-refractivity contribution is 0.702. The molecule has 6 heteroatoms. The summed E-state index contributed by atoms with van der Waals surface area (Å²) >= 11 is 5.06. The summed E-state index contributed by atoms with van der Waals surface area (Å²) in [5.41, 5.74) is 0.360. The molecule has 0 amide bonds. The van der Waals surface area contributed by atoms with E-state index >= 15 is 0 Å². The van der Waals surface area contributed by atoms with Gasteiger partial charge in [0.2, 0.25) is 0 Å². The van der Waals surface area contributed by atoms with Gasteiger partial charge in [0.25, 0.3) is 5.56 Å². The molecule has 0 unspecified atom stereocenters. The standard InChI is InChI=1S/C9H10N4OS/c1-3-13-8(14)6-4-10-5(2)11-7(6)12-9(13)15/h4H,3H2,1-2H3,(H,10,11,12,15). The minimum Gasteiger partial charge on any atom is -0.316 e. The molecule has 0 aliphatic rings. The molecule has 0 aliphatic heterocycles. The monoisotopic (exact) mass is 222 g/mol. The van der Waals surface area contributed by atoms with Gasteiger partial charge in [-0.3, -0.25) is 9.36 Å². The lowest BCUT2D eigenvalue weighted by Gasteiger charge is -2.04. The first-order chi connectivity index (χ1) is 7.13. The van der Waals surface area contributed by atoms with Crippen molar-refractivity contribution in [2.45, 2.75) is 20.4 Å². The van der Waals surface area contributed by atoms with Gasteiger partial charge in [0.05, 0.1) is 0 Å². The van der Waals surface area contributed by atoms with Crippen LogP contribution in [0.3, 0.4) is 0 Å². The van der Waals surface area contributed by atoms with Gasteiger partial charge in [-0.25, -0.2) is 9.97 Å². The van der Waals surface area contributed by atoms with Gasteiger partial charge in [-0.2, -0.15) is 0 Å². The number of aromatic amines is 1. The summed E-state index contributed by atoms with van der Waals surface area (Å²) in [6.45, 7) is 4.17. The molecule has 1 N–H and O–H groups in total. The van der Waals surface area contributed by atoms with Crippen LogP contribution in [0.4, 0.5) is 0 Å². The van der Waals surface area contributed by atoms with E-state index in [4.69, 9.17) is 12.2 Å². The summed E-state index contributed by atoms with van der Waals surface area (Å²) in [6.07, 6.45) is 1.53. The topological polar surface area (TPSA) is 63.6 Å². The average Bonchev–Trinajstić information content (AvgIpc) is 2.17. The molecule has 5 nitrogen and oxygen atoms in total. The van der Waals surface area contributed by atoms with Gasteiger partial charge >= 0.3 is 0 Å². The number of H-pyrrole nitrogens is 1. The van der Waals surface area contributed by atoms with Crippen molar-refractivity contribution in [3.05, 3.63) is 27.1 Å².